The van der Waals surface area contributed by atoms with Crippen LogP contribution in [0.2, 0.25) is 0 Å². The molecule has 0 aliphatic rings. The molecule has 0 spiro atoms. The van der Waals surface area contributed by atoms with Crippen LogP contribution in [-0.4, -0.2) is 158 Å². The quantitative estimate of drug-likeness (QED) is 0.0703. The van der Waals surface area contributed by atoms with Crippen molar-refractivity contribution in [1.82, 2.24) is 0 Å². The van der Waals surface area contributed by atoms with Gasteiger partial charge in [0.05, 0.1) is 144 Å². The van der Waals surface area contributed by atoms with Crippen LogP contribution in [0.4, 0.5) is 0 Å². The zero-order valence-corrected chi connectivity index (χ0v) is 30.7. The first-order chi connectivity index (χ1) is 24.8. The Morgan fingerprint density at radius 2 is 0.640 bits per heavy atom. The van der Waals surface area contributed by atoms with Gasteiger partial charge < -0.3 is 56.8 Å². The van der Waals surface area contributed by atoms with Crippen LogP contribution in [-0.2, 0) is 56.8 Å². The largest absolute Gasteiger partial charge is 0.460 e. The number of benzene rings is 1. The van der Waals surface area contributed by atoms with E-state index < -0.39 is 0 Å². The summed E-state index contributed by atoms with van der Waals surface area (Å²) in [6.07, 6.45) is 7.66. The molecular formula is C37H66O13. The predicted molar refractivity (Wildman–Crippen MR) is 189 cm³/mol. The molecule has 0 N–H and O–H groups in total. The van der Waals surface area contributed by atoms with E-state index in [1.807, 2.05) is 6.07 Å². The molecule has 0 radical (unpaired) electrons. The molecule has 0 bridgehead atoms. The summed E-state index contributed by atoms with van der Waals surface area (Å²) in [5, 5.41) is 0. The second-order valence-corrected chi connectivity index (χ2v) is 11.0. The fraction of sp³-hybridized carbons (Fsp3) is 0.811. The van der Waals surface area contributed by atoms with Crippen LogP contribution >= 0.6 is 0 Å². The highest BCUT2D eigenvalue weighted by Crippen LogP contribution is 2.05. The van der Waals surface area contributed by atoms with E-state index in [9.17, 15) is 4.79 Å². The van der Waals surface area contributed by atoms with Gasteiger partial charge in [0.25, 0.3) is 0 Å². The summed E-state index contributed by atoms with van der Waals surface area (Å²) in [5.41, 5.74) is 0.527. The highest BCUT2D eigenvalue weighted by atomic mass is 16.6. The molecule has 0 saturated carbocycles. The van der Waals surface area contributed by atoms with Crippen LogP contribution in [0, 0.1) is 0 Å². The average Bonchev–Trinajstić information content (AvgIpc) is 3.14. The Morgan fingerprint density at radius 1 is 0.360 bits per heavy atom. The molecule has 0 amide bonds. The number of ether oxygens (including phenoxy) is 12. The van der Waals surface area contributed by atoms with Gasteiger partial charge in [-0.15, -0.1) is 0 Å². The second-order valence-electron chi connectivity index (χ2n) is 11.0. The first-order valence-corrected chi connectivity index (χ1v) is 18.4. The molecule has 0 aliphatic heterocycles. The molecule has 0 fully saturated rings. The van der Waals surface area contributed by atoms with E-state index in [-0.39, 0.29) is 12.6 Å². The lowest BCUT2D eigenvalue weighted by Gasteiger charge is -2.09. The molecule has 0 aromatic heterocycles. The third kappa shape index (κ3) is 34.7. The van der Waals surface area contributed by atoms with Crippen molar-refractivity contribution >= 4 is 5.97 Å². The van der Waals surface area contributed by atoms with Crippen molar-refractivity contribution in [3.63, 3.8) is 0 Å². The predicted octanol–water partition coefficient (Wildman–Crippen LogP) is 4.39. The van der Waals surface area contributed by atoms with Crippen molar-refractivity contribution in [2.24, 2.45) is 0 Å². The first-order valence-electron chi connectivity index (χ1n) is 18.4. The number of carbonyl (C=O) groups is 1. The molecule has 292 valence electrons. The standard InChI is InChI=1S/C37H66O13/c1-2-3-4-5-6-10-13-39-14-15-40-16-17-41-18-19-42-20-21-43-22-23-44-24-25-45-26-27-46-28-29-47-30-31-48-32-33-49-34-35-50-37(38)36-11-8-7-9-12-36/h7-9,11-12H,2-6,10,13-35H2,1H3. The van der Waals surface area contributed by atoms with Gasteiger partial charge in [-0.05, 0) is 18.6 Å². The van der Waals surface area contributed by atoms with E-state index in [1.165, 1.54) is 32.1 Å². The smallest absolute Gasteiger partial charge is 0.338 e. The Kier molecular flexibility index (Phi) is 37.0. The molecule has 1 aromatic carbocycles. The van der Waals surface area contributed by atoms with E-state index >= 15 is 0 Å². The van der Waals surface area contributed by atoms with E-state index in [0.29, 0.717) is 144 Å². The molecule has 0 unspecified atom stereocenters. The fourth-order valence-electron chi connectivity index (χ4n) is 4.14. The Bertz CT molecular complexity index is 803. The highest BCUT2D eigenvalue weighted by Gasteiger charge is 2.05. The third-order valence-corrected chi connectivity index (χ3v) is 6.83. The van der Waals surface area contributed by atoms with Crippen molar-refractivity contribution < 1.29 is 61.6 Å². The highest BCUT2D eigenvalue weighted by molar-refractivity contribution is 5.89. The zero-order chi connectivity index (χ0) is 35.7. The lowest BCUT2D eigenvalue weighted by molar-refractivity contribution is -0.0280. The average molecular weight is 719 g/mol. The molecule has 1 aromatic rings. The van der Waals surface area contributed by atoms with E-state index in [1.54, 1.807) is 24.3 Å². The van der Waals surface area contributed by atoms with Crippen LogP contribution in [0.15, 0.2) is 30.3 Å². The van der Waals surface area contributed by atoms with Gasteiger partial charge in [-0.1, -0.05) is 57.2 Å². The molecule has 0 aliphatic carbocycles. The SMILES string of the molecule is CCCCCCCCOCCOCCOCCOCCOCCOCCOCCOCCOCCOCCOCCOC(=O)c1ccccc1. The molecule has 0 atom stereocenters. The molecule has 13 heteroatoms. The Hall–Kier alpha value is -1.75. The van der Waals surface area contributed by atoms with Gasteiger partial charge in [0.1, 0.15) is 6.61 Å². The van der Waals surface area contributed by atoms with Gasteiger partial charge in [-0.25, -0.2) is 4.79 Å². The van der Waals surface area contributed by atoms with Crippen LogP contribution in [0.5, 0.6) is 0 Å². The Balaban J connectivity index is 1.62. The number of esters is 1. The van der Waals surface area contributed by atoms with Crippen molar-refractivity contribution in [1.29, 1.82) is 0 Å². The van der Waals surface area contributed by atoms with Gasteiger partial charge in [0.2, 0.25) is 0 Å². The van der Waals surface area contributed by atoms with Crippen LogP contribution < -0.4 is 0 Å². The summed E-state index contributed by atoms with van der Waals surface area (Å²) in [5.74, 6) is -0.355. The summed E-state index contributed by atoms with van der Waals surface area (Å²) >= 11 is 0. The minimum Gasteiger partial charge on any atom is -0.460 e. The normalized spacial score (nSPS) is 11.4. The van der Waals surface area contributed by atoms with E-state index in [0.717, 1.165) is 13.0 Å². The minimum atomic E-state index is -0.355. The van der Waals surface area contributed by atoms with Crippen molar-refractivity contribution in [3.8, 4) is 0 Å². The van der Waals surface area contributed by atoms with E-state index in [2.05, 4.69) is 6.92 Å². The molecule has 1 rings (SSSR count). The summed E-state index contributed by atoms with van der Waals surface area (Å²) in [6, 6.07) is 8.86. The van der Waals surface area contributed by atoms with Gasteiger partial charge in [0.15, 0.2) is 0 Å². The van der Waals surface area contributed by atoms with Gasteiger partial charge in [-0.3, -0.25) is 0 Å². The zero-order valence-electron chi connectivity index (χ0n) is 30.7. The van der Waals surface area contributed by atoms with Crippen LogP contribution in [0.1, 0.15) is 55.8 Å². The number of carbonyl (C=O) groups excluding carboxylic acids is 1. The number of unbranched alkanes of at least 4 members (excludes halogenated alkanes) is 5. The summed E-state index contributed by atoms with van der Waals surface area (Å²) in [6.45, 7) is 13.9. The number of rotatable bonds is 41. The Morgan fingerprint density at radius 3 is 0.980 bits per heavy atom. The molecule has 0 heterocycles. The molecule has 13 nitrogen and oxygen atoms in total. The van der Waals surface area contributed by atoms with Crippen LogP contribution in [0.3, 0.4) is 0 Å². The topological polar surface area (TPSA) is 128 Å². The van der Waals surface area contributed by atoms with Crippen LogP contribution in [0.25, 0.3) is 0 Å². The van der Waals surface area contributed by atoms with E-state index in [4.69, 9.17) is 56.8 Å². The van der Waals surface area contributed by atoms with Crippen molar-refractivity contribution in [3.05, 3.63) is 35.9 Å². The number of hydrogen-bond donors (Lipinski definition) is 0. The Labute approximate surface area is 300 Å². The lowest BCUT2D eigenvalue weighted by Crippen LogP contribution is -2.15. The molecular weight excluding hydrogens is 652 g/mol. The fourth-order valence-corrected chi connectivity index (χ4v) is 4.14. The van der Waals surface area contributed by atoms with Gasteiger partial charge in [0, 0.05) is 6.61 Å². The third-order valence-electron chi connectivity index (χ3n) is 6.83. The van der Waals surface area contributed by atoms with Gasteiger partial charge >= 0.3 is 5.97 Å². The number of hydrogen-bond acceptors (Lipinski definition) is 13. The summed E-state index contributed by atoms with van der Waals surface area (Å²) in [7, 11) is 0. The monoisotopic (exact) mass is 718 g/mol. The maximum Gasteiger partial charge on any atom is 0.338 e. The summed E-state index contributed by atoms with van der Waals surface area (Å²) in [4.78, 5) is 11.8. The molecule has 0 saturated heterocycles. The maximum atomic E-state index is 11.8. The van der Waals surface area contributed by atoms with Crippen molar-refractivity contribution in [2.75, 3.05) is 152 Å². The minimum absolute atomic E-state index is 0.203. The first kappa shape index (κ1) is 46.3. The van der Waals surface area contributed by atoms with Crippen molar-refractivity contribution in [2.45, 2.75) is 45.4 Å². The lowest BCUT2D eigenvalue weighted by atomic mass is 10.1. The van der Waals surface area contributed by atoms with Gasteiger partial charge in [-0.2, -0.15) is 0 Å². The molecule has 50 heavy (non-hydrogen) atoms. The second kappa shape index (κ2) is 40.0. The summed E-state index contributed by atoms with van der Waals surface area (Å²) < 4.78 is 65.5. The maximum absolute atomic E-state index is 11.8.